The second-order valence-corrected chi connectivity index (χ2v) is 10.3. The summed E-state index contributed by atoms with van der Waals surface area (Å²) in [5.74, 6) is 0.272. The number of aryl methyl sites for hydroxylation is 1. The maximum atomic E-state index is 13.0. The molecule has 1 aliphatic heterocycles. The lowest BCUT2D eigenvalue weighted by atomic mass is 9.78. The molecule has 2 aliphatic rings. The van der Waals surface area contributed by atoms with Crippen LogP contribution in [0.3, 0.4) is 0 Å². The average Bonchev–Trinajstić information content (AvgIpc) is 3.26. The Kier molecular flexibility index (Phi) is 4.11. The molecule has 0 N–H and O–H groups in total. The summed E-state index contributed by atoms with van der Waals surface area (Å²) in [7, 11) is -4.37. The molecular weight excluding hydrogens is 363 g/mol. The molecule has 2 fully saturated rings. The number of nitrogens with zero attached hydrogens (tertiary/aromatic N) is 2. The van der Waals surface area contributed by atoms with Crippen LogP contribution in [0.2, 0.25) is 0 Å². The van der Waals surface area contributed by atoms with Gasteiger partial charge >= 0.3 is 7.12 Å². The van der Waals surface area contributed by atoms with Crippen LogP contribution >= 0.6 is 0 Å². The molecule has 0 radical (unpaired) electrons. The minimum Gasteiger partial charge on any atom is -0.399 e. The normalized spacial score (nSPS) is 21.6. The van der Waals surface area contributed by atoms with Gasteiger partial charge in [0.15, 0.2) is 0 Å². The van der Waals surface area contributed by atoms with Crippen molar-refractivity contribution in [1.82, 2.24) is 9.19 Å². The molecule has 1 saturated carbocycles. The molecule has 1 aromatic carbocycles. The first-order valence-corrected chi connectivity index (χ1v) is 10.7. The highest BCUT2D eigenvalue weighted by Gasteiger charge is 2.53. The second kappa shape index (κ2) is 5.93. The Bertz CT molecular complexity index is 960. The van der Waals surface area contributed by atoms with Gasteiger partial charge in [-0.25, -0.2) is 0 Å². The third-order valence-corrected chi connectivity index (χ3v) is 7.34. The van der Waals surface area contributed by atoms with Gasteiger partial charge in [-0.3, -0.25) is 0 Å². The van der Waals surface area contributed by atoms with Crippen molar-refractivity contribution < 1.29 is 17.7 Å². The summed E-state index contributed by atoms with van der Waals surface area (Å²) in [6, 6.07) is 6.79. The molecule has 144 valence electrons. The van der Waals surface area contributed by atoms with Crippen molar-refractivity contribution in [2.24, 2.45) is 0 Å². The third kappa shape index (κ3) is 3.13. The summed E-state index contributed by atoms with van der Waals surface area (Å²) in [5.41, 5.74) is 1.51. The number of rotatable bonds is 4. The number of hydrogen-bond acceptors (Lipinski definition) is 5. The van der Waals surface area contributed by atoms with E-state index >= 15 is 0 Å². The zero-order chi connectivity index (χ0) is 19.6. The quantitative estimate of drug-likeness (QED) is 0.753. The fourth-order valence-electron chi connectivity index (χ4n) is 3.15. The molecule has 0 amide bonds. The summed E-state index contributed by atoms with van der Waals surface area (Å²) >= 11 is 0. The highest BCUT2D eigenvalue weighted by molar-refractivity contribution is 7.89. The van der Waals surface area contributed by atoms with Gasteiger partial charge in [0, 0.05) is 17.6 Å². The molecule has 27 heavy (non-hydrogen) atoms. The lowest BCUT2D eigenvalue weighted by Gasteiger charge is -2.32. The Hall–Kier alpha value is -1.64. The number of hydrogen-bond donors (Lipinski definition) is 0. The second-order valence-electron chi connectivity index (χ2n) is 8.52. The van der Waals surface area contributed by atoms with Crippen molar-refractivity contribution in [3.8, 4) is 0 Å². The van der Waals surface area contributed by atoms with Gasteiger partial charge in [-0.05, 0) is 59.6 Å². The monoisotopic (exact) mass is 388 g/mol. The first-order valence-electron chi connectivity index (χ1n) is 9.29. The summed E-state index contributed by atoms with van der Waals surface area (Å²) in [6.45, 7) is 9.86. The lowest BCUT2D eigenvalue weighted by molar-refractivity contribution is 0.00578. The zero-order valence-corrected chi connectivity index (χ0v) is 17.2. The van der Waals surface area contributed by atoms with E-state index < -0.39 is 28.3 Å². The Morgan fingerprint density at radius 2 is 1.63 bits per heavy atom. The fraction of sp³-hybridized carbons (Fsp3) is 0.526. The Morgan fingerprint density at radius 3 is 2.15 bits per heavy atom. The van der Waals surface area contributed by atoms with Crippen molar-refractivity contribution in [3.05, 3.63) is 41.7 Å². The van der Waals surface area contributed by atoms with Gasteiger partial charge in [0.2, 0.25) is 0 Å². The van der Waals surface area contributed by atoms with Gasteiger partial charge in [0.05, 0.1) is 21.8 Å². The molecule has 2 heterocycles. The maximum absolute atomic E-state index is 13.0. The third-order valence-electron chi connectivity index (χ3n) is 5.79. The predicted octanol–water partition coefficient (Wildman–Crippen LogP) is 2.61. The van der Waals surface area contributed by atoms with Gasteiger partial charge in [-0.2, -0.15) is 17.6 Å². The van der Waals surface area contributed by atoms with Crippen LogP contribution in [-0.4, -0.2) is 35.9 Å². The summed E-state index contributed by atoms with van der Waals surface area (Å²) in [4.78, 5) is 0.221. The van der Waals surface area contributed by atoms with Crippen LogP contribution in [0.5, 0.6) is 0 Å². The summed E-state index contributed by atoms with van der Waals surface area (Å²) < 4.78 is 39.5. The molecule has 8 heteroatoms. The molecule has 1 aliphatic carbocycles. The van der Waals surface area contributed by atoms with Crippen LogP contribution < -0.4 is 5.46 Å². The van der Waals surface area contributed by atoms with E-state index in [1.807, 2.05) is 34.6 Å². The fourth-order valence-corrected chi connectivity index (χ4v) is 4.29. The van der Waals surface area contributed by atoms with E-state index in [1.54, 1.807) is 30.5 Å². The van der Waals surface area contributed by atoms with E-state index in [0.717, 1.165) is 28.2 Å². The largest absolute Gasteiger partial charge is 0.498 e. The first kappa shape index (κ1) is 18.7. The van der Waals surface area contributed by atoms with Gasteiger partial charge in [0.25, 0.3) is 10.0 Å². The van der Waals surface area contributed by atoms with Crippen molar-refractivity contribution in [2.75, 3.05) is 0 Å². The smallest absolute Gasteiger partial charge is 0.399 e. The average molecular weight is 388 g/mol. The summed E-state index contributed by atoms with van der Waals surface area (Å²) in [5, 5.41) is 4.45. The van der Waals surface area contributed by atoms with Crippen LogP contribution in [0.1, 0.15) is 57.7 Å². The van der Waals surface area contributed by atoms with Crippen molar-refractivity contribution in [3.63, 3.8) is 0 Å². The molecular formula is C19H25BN2O4S. The van der Waals surface area contributed by atoms with Crippen molar-refractivity contribution >= 4 is 22.6 Å². The van der Waals surface area contributed by atoms with Crippen LogP contribution in [-0.2, 0) is 19.3 Å². The van der Waals surface area contributed by atoms with Crippen LogP contribution in [0.15, 0.2) is 35.4 Å². The van der Waals surface area contributed by atoms with Gasteiger partial charge in [-0.15, -0.1) is 0 Å². The lowest BCUT2D eigenvalue weighted by Crippen LogP contribution is -2.41. The molecule has 2 aromatic rings. The van der Waals surface area contributed by atoms with Crippen LogP contribution in [0.25, 0.3) is 0 Å². The van der Waals surface area contributed by atoms with Gasteiger partial charge in [0.1, 0.15) is 0 Å². The summed E-state index contributed by atoms with van der Waals surface area (Å²) in [6.07, 6.45) is 3.58. The topological polar surface area (TPSA) is 70.4 Å². The molecule has 6 nitrogen and oxygen atoms in total. The SMILES string of the molecule is Cc1ccc(S(=O)(=O)n2cc(B3OC(C)(C)C(C)(C)O3)c(C3CC3)n2)cc1. The number of benzene rings is 1. The zero-order valence-electron chi connectivity index (χ0n) is 16.4. The van der Waals surface area contributed by atoms with E-state index in [0.29, 0.717) is 5.46 Å². The molecule has 4 rings (SSSR count). The van der Waals surface area contributed by atoms with E-state index in [9.17, 15) is 8.42 Å². The van der Waals surface area contributed by atoms with Gasteiger partial charge in [-0.1, -0.05) is 17.7 Å². The highest BCUT2D eigenvalue weighted by atomic mass is 32.2. The van der Waals surface area contributed by atoms with Gasteiger partial charge < -0.3 is 9.31 Å². The Balaban J connectivity index is 1.75. The van der Waals surface area contributed by atoms with Crippen LogP contribution in [0, 0.1) is 6.92 Å². The van der Waals surface area contributed by atoms with E-state index in [1.165, 1.54) is 0 Å². The van der Waals surface area contributed by atoms with E-state index in [2.05, 4.69) is 5.10 Å². The standard InChI is InChI=1S/C19H25BN2O4S/c1-13-6-10-15(11-7-13)27(23,24)22-12-16(17(21-22)14-8-9-14)20-25-18(2,3)19(4,5)26-20/h6-7,10-12,14H,8-9H2,1-5H3. The van der Waals surface area contributed by atoms with E-state index in [4.69, 9.17) is 9.31 Å². The molecule has 1 aromatic heterocycles. The van der Waals surface area contributed by atoms with Crippen LogP contribution in [0.4, 0.5) is 0 Å². The first-order chi connectivity index (χ1) is 12.5. The number of aromatic nitrogens is 2. The van der Waals surface area contributed by atoms with Crippen molar-refractivity contribution in [2.45, 2.75) is 69.5 Å². The minimum absolute atomic E-state index is 0.221. The molecule has 0 bridgehead atoms. The molecule has 0 spiro atoms. The van der Waals surface area contributed by atoms with E-state index in [-0.39, 0.29) is 10.8 Å². The Morgan fingerprint density at radius 1 is 1.07 bits per heavy atom. The minimum atomic E-state index is -3.76. The maximum Gasteiger partial charge on any atom is 0.498 e. The van der Waals surface area contributed by atoms with Crippen molar-refractivity contribution in [1.29, 1.82) is 0 Å². The molecule has 0 unspecified atom stereocenters. The Labute approximate surface area is 161 Å². The molecule has 0 atom stereocenters. The predicted molar refractivity (Wildman–Crippen MR) is 104 cm³/mol. The molecule has 1 saturated heterocycles. The highest BCUT2D eigenvalue weighted by Crippen LogP contribution is 2.41.